The molecule has 0 saturated heterocycles. The Morgan fingerprint density at radius 1 is 1.40 bits per heavy atom. The number of ether oxygens (including phenoxy) is 1. The van der Waals surface area contributed by atoms with Crippen LogP contribution in [0.2, 0.25) is 0 Å². The zero-order valence-electron chi connectivity index (χ0n) is 8.61. The van der Waals surface area contributed by atoms with Crippen molar-refractivity contribution in [2.75, 3.05) is 6.61 Å². The van der Waals surface area contributed by atoms with E-state index in [0.29, 0.717) is 17.8 Å². The van der Waals surface area contributed by atoms with Crippen molar-refractivity contribution < 1.29 is 14.8 Å². The maximum absolute atomic E-state index is 9.14. The predicted octanol–water partition coefficient (Wildman–Crippen LogP) is 1.31. The van der Waals surface area contributed by atoms with Crippen LogP contribution in [0.25, 0.3) is 0 Å². The minimum atomic E-state index is -1.50. The van der Waals surface area contributed by atoms with Crippen LogP contribution in [0.15, 0.2) is 22.7 Å². The maximum atomic E-state index is 9.14. The molecule has 0 aliphatic rings. The lowest BCUT2D eigenvalue weighted by molar-refractivity contribution is 0.308. The van der Waals surface area contributed by atoms with Gasteiger partial charge in [-0.25, -0.2) is 0 Å². The Kier molecular flexibility index (Phi) is 5.15. The van der Waals surface area contributed by atoms with Gasteiger partial charge in [0.15, 0.2) is 0 Å². The number of unbranched alkanes of at least 4 members (excludes halogenated alkanes) is 1. The van der Waals surface area contributed by atoms with E-state index in [1.54, 1.807) is 12.1 Å². The van der Waals surface area contributed by atoms with Gasteiger partial charge >= 0.3 is 7.12 Å². The van der Waals surface area contributed by atoms with Gasteiger partial charge in [0.1, 0.15) is 5.75 Å². The molecule has 15 heavy (non-hydrogen) atoms. The number of hydrogen-bond donors (Lipinski definition) is 2. The molecule has 0 fully saturated rings. The smallest absolute Gasteiger partial charge is 0.492 e. The zero-order chi connectivity index (χ0) is 11.3. The van der Waals surface area contributed by atoms with Gasteiger partial charge < -0.3 is 14.8 Å². The molecular weight excluding hydrogens is 259 g/mol. The summed E-state index contributed by atoms with van der Waals surface area (Å²) in [6.45, 7) is 2.66. The Labute approximate surface area is 98.4 Å². The number of para-hydroxylation sites is 1. The fourth-order valence-electron chi connectivity index (χ4n) is 1.20. The Morgan fingerprint density at radius 2 is 2.13 bits per heavy atom. The summed E-state index contributed by atoms with van der Waals surface area (Å²) < 4.78 is 6.24. The molecule has 82 valence electrons. The quantitative estimate of drug-likeness (QED) is 0.628. The second-order valence-electron chi connectivity index (χ2n) is 3.23. The molecule has 0 aromatic heterocycles. The number of halogens is 1. The molecule has 0 atom stereocenters. The van der Waals surface area contributed by atoms with E-state index in [1.165, 1.54) is 0 Å². The Morgan fingerprint density at radius 3 is 2.73 bits per heavy atom. The second-order valence-corrected chi connectivity index (χ2v) is 4.09. The van der Waals surface area contributed by atoms with E-state index in [9.17, 15) is 0 Å². The molecular formula is C10H14BBrO3. The first kappa shape index (κ1) is 12.6. The SMILES string of the molecule is CCCCOc1c(Br)cccc1B(O)O. The normalized spacial score (nSPS) is 10.1. The summed E-state index contributed by atoms with van der Waals surface area (Å²) in [4.78, 5) is 0. The van der Waals surface area contributed by atoms with E-state index < -0.39 is 7.12 Å². The van der Waals surface area contributed by atoms with Gasteiger partial charge in [-0.1, -0.05) is 25.5 Å². The van der Waals surface area contributed by atoms with E-state index in [4.69, 9.17) is 14.8 Å². The lowest BCUT2D eigenvalue weighted by Crippen LogP contribution is -2.31. The van der Waals surface area contributed by atoms with Gasteiger partial charge in [-0.2, -0.15) is 0 Å². The van der Waals surface area contributed by atoms with Crippen LogP contribution in [0.5, 0.6) is 5.75 Å². The number of rotatable bonds is 5. The summed E-state index contributed by atoms with van der Waals surface area (Å²) in [6.07, 6.45) is 1.99. The highest BCUT2D eigenvalue weighted by Crippen LogP contribution is 2.22. The predicted molar refractivity (Wildman–Crippen MR) is 64.4 cm³/mol. The van der Waals surface area contributed by atoms with Crippen LogP contribution in [-0.4, -0.2) is 23.8 Å². The largest absolute Gasteiger partial charge is 0.493 e. The number of benzene rings is 1. The first-order chi connectivity index (χ1) is 7.16. The van der Waals surface area contributed by atoms with Crippen molar-refractivity contribution >= 4 is 28.5 Å². The van der Waals surface area contributed by atoms with Crippen LogP contribution in [-0.2, 0) is 0 Å². The average molecular weight is 273 g/mol. The number of hydrogen-bond acceptors (Lipinski definition) is 3. The van der Waals surface area contributed by atoms with Crippen LogP contribution in [0.3, 0.4) is 0 Å². The second kappa shape index (κ2) is 6.15. The molecule has 2 N–H and O–H groups in total. The van der Waals surface area contributed by atoms with Crippen molar-refractivity contribution in [1.82, 2.24) is 0 Å². The molecule has 0 unspecified atom stereocenters. The van der Waals surface area contributed by atoms with E-state index in [2.05, 4.69) is 22.9 Å². The Balaban J connectivity index is 2.82. The standard InChI is InChI=1S/C10H14BBrO3/c1-2-3-7-15-10-8(11(13)14)5-4-6-9(10)12/h4-6,13-14H,2-3,7H2,1H3. The fraction of sp³-hybridized carbons (Fsp3) is 0.400. The summed E-state index contributed by atoms with van der Waals surface area (Å²) in [6, 6.07) is 5.19. The van der Waals surface area contributed by atoms with Crippen molar-refractivity contribution in [2.24, 2.45) is 0 Å². The molecule has 0 aliphatic carbocycles. The van der Waals surface area contributed by atoms with Crippen molar-refractivity contribution in [3.63, 3.8) is 0 Å². The molecule has 1 aromatic carbocycles. The van der Waals surface area contributed by atoms with Crippen LogP contribution in [0, 0.1) is 0 Å². The highest BCUT2D eigenvalue weighted by Gasteiger charge is 2.18. The average Bonchev–Trinajstić information content (AvgIpc) is 2.20. The molecule has 0 aliphatic heterocycles. The maximum Gasteiger partial charge on any atom is 0.492 e. The summed E-state index contributed by atoms with van der Waals surface area (Å²) in [5.41, 5.74) is 0.389. The third-order valence-corrected chi connectivity index (χ3v) is 2.64. The van der Waals surface area contributed by atoms with Crippen LogP contribution < -0.4 is 10.2 Å². The van der Waals surface area contributed by atoms with Gasteiger partial charge in [0.05, 0.1) is 11.1 Å². The minimum Gasteiger partial charge on any atom is -0.493 e. The topological polar surface area (TPSA) is 49.7 Å². The third kappa shape index (κ3) is 3.52. The Hall–Kier alpha value is -0.515. The van der Waals surface area contributed by atoms with Crippen molar-refractivity contribution in [3.8, 4) is 5.75 Å². The van der Waals surface area contributed by atoms with Crippen LogP contribution in [0.4, 0.5) is 0 Å². The van der Waals surface area contributed by atoms with Gasteiger partial charge in [0.2, 0.25) is 0 Å². The molecule has 0 bridgehead atoms. The third-order valence-electron chi connectivity index (χ3n) is 2.02. The molecule has 0 radical (unpaired) electrons. The van der Waals surface area contributed by atoms with Crippen LogP contribution >= 0.6 is 15.9 Å². The van der Waals surface area contributed by atoms with E-state index in [0.717, 1.165) is 17.3 Å². The van der Waals surface area contributed by atoms with Gasteiger partial charge in [0, 0.05) is 5.46 Å². The molecule has 1 aromatic rings. The van der Waals surface area contributed by atoms with Gasteiger partial charge in [-0.05, 0) is 28.4 Å². The van der Waals surface area contributed by atoms with Crippen molar-refractivity contribution in [1.29, 1.82) is 0 Å². The minimum absolute atomic E-state index is 0.389. The highest BCUT2D eigenvalue weighted by molar-refractivity contribution is 9.10. The molecule has 0 spiro atoms. The van der Waals surface area contributed by atoms with Gasteiger partial charge in [0.25, 0.3) is 0 Å². The monoisotopic (exact) mass is 272 g/mol. The summed E-state index contributed by atoms with van der Waals surface area (Å²) in [7, 11) is -1.50. The van der Waals surface area contributed by atoms with E-state index >= 15 is 0 Å². The zero-order valence-corrected chi connectivity index (χ0v) is 10.2. The van der Waals surface area contributed by atoms with Gasteiger partial charge in [-0.15, -0.1) is 0 Å². The van der Waals surface area contributed by atoms with E-state index in [-0.39, 0.29) is 0 Å². The fourth-order valence-corrected chi connectivity index (χ4v) is 1.70. The summed E-state index contributed by atoms with van der Waals surface area (Å²) in [5, 5.41) is 18.3. The molecule has 5 heteroatoms. The highest BCUT2D eigenvalue weighted by atomic mass is 79.9. The van der Waals surface area contributed by atoms with Crippen molar-refractivity contribution in [2.45, 2.75) is 19.8 Å². The molecule has 0 saturated carbocycles. The van der Waals surface area contributed by atoms with Crippen LogP contribution in [0.1, 0.15) is 19.8 Å². The lowest BCUT2D eigenvalue weighted by Gasteiger charge is -2.12. The molecule has 3 nitrogen and oxygen atoms in total. The Bertz CT molecular complexity index is 318. The van der Waals surface area contributed by atoms with Crippen molar-refractivity contribution in [3.05, 3.63) is 22.7 Å². The van der Waals surface area contributed by atoms with Gasteiger partial charge in [-0.3, -0.25) is 0 Å². The molecule has 0 heterocycles. The molecule has 1 rings (SSSR count). The summed E-state index contributed by atoms with van der Waals surface area (Å²) >= 11 is 3.32. The molecule has 0 amide bonds. The first-order valence-corrected chi connectivity index (χ1v) is 5.73. The van der Waals surface area contributed by atoms with E-state index in [1.807, 2.05) is 6.07 Å². The lowest BCUT2D eigenvalue weighted by atomic mass is 9.79. The summed E-state index contributed by atoms with van der Waals surface area (Å²) in [5.74, 6) is 0.515. The first-order valence-electron chi connectivity index (χ1n) is 4.94.